The number of rotatable bonds is 4. The van der Waals surface area contributed by atoms with Gasteiger partial charge in [0, 0.05) is 17.8 Å². The molecule has 0 bridgehead atoms. The minimum atomic E-state index is 0.379. The SMILES string of the molecule is COc1ccc(Nc2nc(N)cc(Br)n2)cc1OC. The summed E-state index contributed by atoms with van der Waals surface area (Å²) in [7, 11) is 3.16. The van der Waals surface area contributed by atoms with Crippen LogP contribution in [0.5, 0.6) is 11.5 Å². The number of nitrogens with zero attached hydrogens (tertiary/aromatic N) is 2. The zero-order valence-electron chi connectivity index (χ0n) is 10.5. The van der Waals surface area contributed by atoms with Crippen molar-refractivity contribution in [3.63, 3.8) is 0 Å². The number of nitrogen functional groups attached to an aromatic ring is 1. The second-order valence-corrected chi connectivity index (χ2v) is 4.45. The van der Waals surface area contributed by atoms with Crippen molar-refractivity contribution < 1.29 is 9.47 Å². The summed E-state index contributed by atoms with van der Waals surface area (Å²) < 4.78 is 11.0. The Morgan fingerprint density at radius 2 is 1.84 bits per heavy atom. The van der Waals surface area contributed by atoms with Crippen LogP contribution in [-0.4, -0.2) is 24.2 Å². The molecule has 7 heteroatoms. The summed E-state index contributed by atoms with van der Waals surface area (Å²) in [5.74, 6) is 2.06. The van der Waals surface area contributed by atoms with Gasteiger partial charge < -0.3 is 20.5 Å². The second-order valence-electron chi connectivity index (χ2n) is 3.63. The van der Waals surface area contributed by atoms with E-state index >= 15 is 0 Å². The number of nitrogens with one attached hydrogen (secondary N) is 1. The van der Waals surface area contributed by atoms with E-state index in [-0.39, 0.29) is 0 Å². The van der Waals surface area contributed by atoms with E-state index < -0.39 is 0 Å². The Hall–Kier alpha value is -2.02. The van der Waals surface area contributed by atoms with Gasteiger partial charge in [-0.1, -0.05) is 0 Å². The molecule has 2 aromatic rings. The fourth-order valence-electron chi connectivity index (χ4n) is 1.53. The molecule has 100 valence electrons. The van der Waals surface area contributed by atoms with E-state index in [4.69, 9.17) is 15.2 Å². The van der Waals surface area contributed by atoms with Crippen molar-refractivity contribution in [2.24, 2.45) is 0 Å². The summed E-state index contributed by atoms with van der Waals surface area (Å²) in [4.78, 5) is 8.25. The van der Waals surface area contributed by atoms with Gasteiger partial charge in [0.2, 0.25) is 5.95 Å². The highest BCUT2D eigenvalue weighted by Crippen LogP contribution is 2.30. The zero-order valence-corrected chi connectivity index (χ0v) is 12.1. The van der Waals surface area contributed by atoms with Crippen LogP contribution in [0.1, 0.15) is 0 Å². The Morgan fingerprint density at radius 3 is 2.47 bits per heavy atom. The number of hydrogen-bond acceptors (Lipinski definition) is 6. The van der Waals surface area contributed by atoms with E-state index in [1.165, 1.54) is 0 Å². The van der Waals surface area contributed by atoms with Gasteiger partial charge in [0.15, 0.2) is 11.5 Å². The van der Waals surface area contributed by atoms with E-state index in [1.54, 1.807) is 32.4 Å². The Bertz CT molecular complexity index is 572. The van der Waals surface area contributed by atoms with Gasteiger partial charge >= 0.3 is 0 Å². The maximum atomic E-state index is 5.65. The van der Waals surface area contributed by atoms with Crippen LogP contribution in [-0.2, 0) is 0 Å². The van der Waals surface area contributed by atoms with Crippen molar-refractivity contribution in [3.05, 3.63) is 28.9 Å². The van der Waals surface area contributed by atoms with Gasteiger partial charge in [-0.25, -0.2) is 4.98 Å². The molecule has 0 amide bonds. The van der Waals surface area contributed by atoms with Gasteiger partial charge in [-0.05, 0) is 28.1 Å². The lowest BCUT2D eigenvalue weighted by molar-refractivity contribution is 0.355. The lowest BCUT2D eigenvalue weighted by atomic mass is 10.3. The summed E-state index contributed by atoms with van der Waals surface area (Å²) in [6, 6.07) is 7.05. The second kappa shape index (κ2) is 5.75. The van der Waals surface area contributed by atoms with Crippen LogP contribution in [0.15, 0.2) is 28.9 Å². The summed E-state index contributed by atoms with van der Waals surface area (Å²) in [5.41, 5.74) is 6.42. The van der Waals surface area contributed by atoms with Crippen molar-refractivity contribution in [1.82, 2.24) is 9.97 Å². The van der Waals surface area contributed by atoms with Crippen LogP contribution in [0.4, 0.5) is 17.5 Å². The van der Waals surface area contributed by atoms with Crippen LogP contribution in [0, 0.1) is 0 Å². The molecular weight excluding hydrogens is 312 g/mol. The molecule has 2 rings (SSSR count). The van der Waals surface area contributed by atoms with Crippen molar-refractivity contribution in [1.29, 1.82) is 0 Å². The minimum Gasteiger partial charge on any atom is -0.493 e. The first-order chi connectivity index (χ1) is 9.12. The lowest BCUT2D eigenvalue weighted by Crippen LogP contribution is -2.01. The van der Waals surface area contributed by atoms with Gasteiger partial charge in [0.1, 0.15) is 10.4 Å². The zero-order chi connectivity index (χ0) is 13.8. The van der Waals surface area contributed by atoms with Gasteiger partial charge in [-0.3, -0.25) is 0 Å². The molecule has 0 saturated heterocycles. The van der Waals surface area contributed by atoms with E-state index in [9.17, 15) is 0 Å². The highest BCUT2D eigenvalue weighted by Gasteiger charge is 2.06. The molecule has 0 aliphatic carbocycles. The number of benzene rings is 1. The molecule has 1 aromatic heterocycles. The normalized spacial score (nSPS) is 10.1. The van der Waals surface area contributed by atoms with Crippen LogP contribution >= 0.6 is 15.9 Å². The molecule has 0 spiro atoms. The number of anilines is 3. The fraction of sp³-hybridized carbons (Fsp3) is 0.167. The van der Waals surface area contributed by atoms with Crippen LogP contribution in [0.25, 0.3) is 0 Å². The fourth-order valence-corrected chi connectivity index (χ4v) is 1.94. The van der Waals surface area contributed by atoms with E-state index in [1.807, 2.05) is 6.07 Å². The topological polar surface area (TPSA) is 82.3 Å². The first-order valence-electron chi connectivity index (χ1n) is 5.41. The monoisotopic (exact) mass is 324 g/mol. The molecule has 0 atom stereocenters. The molecule has 0 aliphatic rings. The molecule has 0 aliphatic heterocycles. The number of hydrogen-bond donors (Lipinski definition) is 2. The molecule has 0 radical (unpaired) electrons. The van der Waals surface area contributed by atoms with Crippen molar-refractivity contribution >= 4 is 33.4 Å². The van der Waals surface area contributed by atoms with E-state index in [2.05, 4.69) is 31.2 Å². The van der Waals surface area contributed by atoms with Gasteiger partial charge in [0.25, 0.3) is 0 Å². The molecule has 3 N–H and O–H groups in total. The lowest BCUT2D eigenvalue weighted by Gasteiger charge is -2.10. The average molecular weight is 325 g/mol. The van der Waals surface area contributed by atoms with Gasteiger partial charge in [0.05, 0.1) is 14.2 Å². The molecule has 0 fully saturated rings. The maximum Gasteiger partial charge on any atom is 0.230 e. The summed E-state index contributed by atoms with van der Waals surface area (Å²) in [5, 5.41) is 3.04. The standard InChI is InChI=1S/C12H13BrN4O2/c1-18-8-4-3-7(5-9(8)19-2)15-12-16-10(13)6-11(14)17-12/h3-6H,1-2H3,(H3,14,15,16,17). The van der Waals surface area contributed by atoms with E-state index in [0.717, 1.165) is 5.69 Å². The molecule has 0 unspecified atom stereocenters. The largest absolute Gasteiger partial charge is 0.493 e. The summed E-state index contributed by atoms with van der Waals surface area (Å²) >= 11 is 3.26. The Morgan fingerprint density at radius 1 is 1.11 bits per heavy atom. The maximum absolute atomic E-state index is 5.65. The smallest absolute Gasteiger partial charge is 0.230 e. The number of methoxy groups -OCH3 is 2. The van der Waals surface area contributed by atoms with Crippen LogP contribution in [0.3, 0.4) is 0 Å². The molecule has 0 saturated carbocycles. The minimum absolute atomic E-state index is 0.379. The summed E-state index contributed by atoms with van der Waals surface area (Å²) in [6.07, 6.45) is 0. The average Bonchev–Trinajstić information content (AvgIpc) is 2.37. The third-order valence-electron chi connectivity index (χ3n) is 2.35. The Kier molecular flexibility index (Phi) is 4.06. The quantitative estimate of drug-likeness (QED) is 0.841. The van der Waals surface area contributed by atoms with Crippen molar-refractivity contribution in [2.75, 3.05) is 25.3 Å². The van der Waals surface area contributed by atoms with Crippen LogP contribution in [0.2, 0.25) is 0 Å². The first kappa shape index (κ1) is 13.4. The van der Waals surface area contributed by atoms with Gasteiger partial charge in [-0.2, -0.15) is 4.98 Å². The summed E-state index contributed by atoms with van der Waals surface area (Å²) in [6.45, 7) is 0. The number of halogens is 1. The highest BCUT2D eigenvalue weighted by atomic mass is 79.9. The van der Waals surface area contributed by atoms with Crippen molar-refractivity contribution in [3.8, 4) is 11.5 Å². The molecule has 1 aromatic carbocycles. The predicted molar refractivity (Wildman–Crippen MR) is 77.0 cm³/mol. The number of nitrogens with two attached hydrogens (primary N) is 1. The first-order valence-corrected chi connectivity index (χ1v) is 6.21. The molecule has 6 nitrogen and oxygen atoms in total. The third kappa shape index (κ3) is 3.25. The third-order valence-corrected chi connectivity index (χ3v) is 2.76. The van der Waals surface area contributed by atoms with Gasteiger partial charge in [-0.15, -0.1) is 0 Å². The number of ether oxygens (including phenoxy) is 2. The number of aromatic nitrogens is 2. The Labute approximate surface area is 119 Å². The van der Waals surface area contributed by atoms with Crippen molar-refractivity contribution in [2.45, 2.75) is 0 Å². The highest BCUT2D eigenvalue weighted by molar-refractivity contribution is 9.10. The van der Waals surface area contributed by atoms with E-state index in [0.29, 0.717) is 27.9 Å². The Balaban J connectivity index is 2.28. The predicted octanol–water partition coefficient (Wildman–Crippen LogP) is 2.58. The van der Waals surface area contributed by atoms with Crippen LogP contribution < -0.4 is 20.5 Å². The molecule has 19 heavy (non-hydrogen) atoms. The molecular formula is C12H13BrN4O2. The molecule has 1 heterocycles.